The highest BCUT2D eigenvalue weighted by atomic mass is 16.5. The minimum absolute atomic E-state index is 0.0354. The maximum atomic E-state index is 10.9. The zero-order valence-electron chi connectivity index (χ0n) is 9.21. The summed E-state index contributed by atoms with van der Waals surface area (Å²) in [5.41, 5.74) is 5.70. The molecule has 1 rings (SSSR count). The Morgan fingerprint density at radius 3 is 2.53 bits per heavy atom. The Morgan fingerprint density at radius 1 is 1.41 bits per heavy atom. The van der Waals surface area contributed by atoms with Crippen molar-refractivity contribution in [2.75, 3.05) is 5.73 Å². The second-order valence-electron chi connectivity index (χ2n) is 3.41. The van der Waals surface area contributed by atoms with E-state index in [1.807, 2.05) is 0 Å². The van der Waals surface area contributed by atoms with Gasteiger partial charge in [-0.25, -0.2) is 9.59 Å². The lowest BCUT2D eigenvalue weighted by molar-refractivity contribution is -0.145. The highest BCUT2D eigenvalue weighted by molar-refractivity contribution is 5.91. The number of carboxylic acid groups (broad SMARTS) is 2. The van der Waals surface area contributed by atoms with E-state index in [0.29, 0.717) is 5.69 Å². The molecule has 0 heterocycles. The van der Waals surface area contributed by atoms with E-state index in [0.717, 1.165) is 0 Å². The number of aliphatic carboxylic acids is 1. The number of carbonyl (C=O) groups is 2. The number of nitrogen functional groups attached to an aromatic ring is 1. The van der Waals surface area contributed by atoms with Gasteiger partial charge in [0.1, 0.15) is 11.3 Å². The van der Waals surface area contributed by atoms with Gasteiger partial charge in [-0.2, -0.15) is 0 Å². The molecule has 1 atom stereocenters. The molecule has 0 bridgehead atoms. The predicted octanol–water partition coefficient (Wildman–Crippen LogP) is 1.21. The Bertz CT molecular complexity index is 443. The first-order chi connectivity index (χ1) is 7.95. The van der Waals surface area contributed by atoms with Gasteiger partial charge in [0.15, 0.2) is 6.10 Å². The molecule has 0 spiro atoms. The smallest absolute Gasteiger partial charge is 0.344 e. The van der Waals surface area contributed by atoms with E-state index < -0.39 is 18.0 Å². The van der Waals surface area contributed by atoms with Gasteiger partial charge in [0.25, 0.3) is 0 Å². The molecule has 4 N–H and O–H groups in total. The van der Waals surface area contributed by atoms with Crippen molar-refractivity contribution in [1.29, 1.82) is 0 Å². The van der Waals surface area contributed by atoms with Crippen LogP contribution in [0.2, 0.25) is 0 Å². The fraction of sp³-hybridized carbons (Fsp3) is 0.273. The highest BCUT2D eigenvalue weighted by Crippen LogP contribution is 2.23. The SMILES string of the molecule is CCC(Oc1cc(N)ccc1C(=O)O)C(=O)O. The lowest BCUT2D eigenvalue weighted by atomic mass is 10.1. The first-order valence-electron chi connectivity index (χ1n) is 4.98. The van der Waals surface area contributed by atoms with Crippen molar-refractivity contribution in [3.05, 3.63) is 23.8 Å². The normalized spacial score (nSPS) is 11.8. The molecule has 0 amide bonds. The Hall–Kier alpha value is -2.24. The van der Waals surface area contributed by atoms with Crippen LogP contribution in [0.3, 0.4) is 0 Å². The van der Waals surface area contributed by atoms with E-state index in [9.17, 15) is 9.59 Å². The van der Waals surface area contributed by atoms with Crippen molar-refractivity contribution < 1.29 is 24.5 Å². The average Bonchev–Trinajstić information content (AvgIpc) is 2.25. The Morgan fingerprint density at radius 2 is 2.06 bits per heavy atom. The number of rotatable bonds is 5. The van der Waals surface area contributed by atoms with Crippen LogP contribution in [0.15, 0.2) is 18.2 Å². The van der Waals surface area contributed by atoms with Crippen LogP contribution in [-0.2, 0) is 4.79 Å². The van der Waals surface area contributed by atoms with E-state index >= 15 is 0 Å². The largest absolute Gasteiger partial charge is 0.479 e. The van der Waals surface area contributed by atoms with E-state index in [2.05, 4.69) is 0 Å². The molecule has 0 aliphatic carbocycles. The molecule has 1 unspecified atom stereocenters. The van der Waals surface area contributed by atoms with Gasteiger partial charge in [-0.1, -0.05) is 6.92 Å². The van der Waals surface area contributed by atoms with Gasteiger partial charge < -0.3 is 20.7 Å². The molecule has 17 heavy (non-hydrogen) atoms. The summed E-state index contributed by atoms with van der Waals surface area (Å²) in [4.78, 5) is 21.7. The Balaban J connectivity index is 3.07. The summed E-state index contributed by atoms with van der Waals surface area (Å²) in [7, 11) is 0. The van der Waals surface area contributed by atoms with E-state index in [4.69, 9.17) is 20.7 Å². The van der Waals surface area contributed by atoms with E-state index in [-0.39, 0.29) is 17.7 Å². The number of anilines is 1. The summed E-state index contributed by atoms with van der Waals surface area (Å²) in [6.45, 7) is 1.63. The molecular weight excluding hydrogens is 226 g/mol. The first-order valence-corrected chi connectivity index (χ1v) is 4.98. The molecule has 0 fully saturated rings. The molecule has 0 radical (unpaired) electrons. The quantitative estimate of drug-likeness (QED) is 0.666. The van der Waals surface area contributed by atoms with Crippen molar-refractivity contribution in [1.82, 2.24) is 0 Å². The number of carboxylic acids is 2. The summed E-state index contributed by atoms with van der Waals surface area (Å²) in [6.07, 6.45) is -0.863. The van der Waals surface area contributed by atoms with Gasteiger partial charge in [0.2, 0.25) is 0 Å². The van der Waals surface area contributed by atoms with Crippen molar-refractivity contribution in [2.24, 2.45) is 0 Å². The van der Waals surface area contributed by atoms with Crippen LogP contribution in [-0.4, -0.2) is 28.3 Å². The molecule has 6 heteroatoms. The van der Waals surface area contributed by atoms with Crippen LogP contribution in [0.25, 0.3) is 0 Å². The minimum atomic E-state index is -1.19. The molecule has 1 aromatic rings. The fourth-order valence-corrected chi connectivity index (χ4v) is 1.27. The van der Waals surface area contributed by atoms with Crippen molar-refractivity contribution in [3.63, 3.8) is 0 Å². The van der Waals surface area contributed by atoms with Crippen LogP contribution in [0, 0.1) is 0 Å². The highest BCUT2D eigenvalue weighted by Gasteiger charge is 2.20. The molecule has 0 aromatic heterocycles. The number of aromatic carboxylic acids is 1. The number of nitrogens with two attached hydrogens (primary N) is 1. The van der Waals surface area contributed by atoms with Gasteiger partial charge >= 0.3 is 11.9 Å². The fourth-order valence-electron chi connectivity index (χ4n) is 1.27. The average molecular weight is 239 g/mol. The Kier molecular flexibility index (Phi) is 3.92. The molecule has 92 valence electrons. The van der Waals surface area contributed by atoms with Crippen LogP contribution in [0.4, 0.5) is 5.69 Å². The summed E-state index contributed by atoms with van der Waals surface area (Å²) in [5.74, 6) is -2.38. The molecule has 0 saturated carbocycles. The molecule has 6 nitrogen and oxygen atoms in total. The van der Waals surface area contributed by atoms with Crippen molar-refractivity contribution in [2.45, 2.75) is 19.4 Å². The second-order valence-corrected chi connectivity index (χ2v) is 3.41. The molecule has 0 aliphatic heterocycles. The van der Waals surface area contributed by atoms with Crippen LogP contribution < -0.4 is 10.5 Å². The van der Waals surface area contributed by atoms with Gasteiger partial charge in [0.05, 0.1) is 0 Å². The summed E-state index contributed by atoms with van der Waals surface area (Å²) in [5, 5.41) is 17.7. The maximum absolute atomic E-state index is 10.9. The predicted molar refractivity (Wildman–Crippen MR) is 60.2 cm³/mol. The van der Waals surface area contributed by atoms with Crippen molar-refractivity contribution in [3.8, 4) is 5.75 Å². The summed E-state index contributed by atoms with van der Waals surface area (Å²) >= 11 is 0. The third-order valence-electron chi connectivity index (χ3n) is 2.15. The van der Waals surface area contributed by atoms with Crippen LogP contribution in [0.5, 0.6) is 5.75 Å². The van der Waals surface area contributed by atoms with E-state index in [1.165, 1.54) is 18.2 Å². The third-order valence-corrected chi connectivity index (χ3v) is 2.15. The number of hydrogen-bond donors (Lipinski definition) is 3. The zero-order valence-corrected chi connectivity index (χ0v) is 9.21. The summed E-state index contributed by atoms with van der Waals surface area (Å²) in [6, 6.07) is 3.99. The molecule has 1 aromatic carbocycles. The van der Waals surface area contributed by atoms with Crippen molar-refractivity contribution >= 4 is 17.6 Å². The third kappa shape index (κ3) is 3.10. The van der Waals surface area contributed by atoms with E-state index in [1.54, 1.807) is 6.92 Å². The van der Waals surface area contributed by atoms with Gasteiger partial charge in [-0.05, 0) is 18.6 Å². The second kappa shape index (κ2) is 5.20. The zero-order chi connectivity index (χ0) is 13.0. The number of ether oxygens (including phenoxy) is 1. The lowest BCUT2D eigenvalue weighted by Gasteiger charge is -2.15. The van der Waals surface area contributed by atoms with Crippen LogP contribution >= 0.6 is 0 Å². The van der Waals surface area contributed by atoms with Gasteiger partial charge in [-0.15, -0.1) is 0 Å². The first kappa shape index (κ1) is 12.8. The van der Waals surface area contributed by atoms with Crippen LogP contribution in [0.1, 0.15) is 23.7 Å². The Labute approximate surface area is 97.6 Å². The monoisotopic (exact) mass is 239 g/mol. The molecular formula is C11H13NO5. The molecule has 0 saturated heterocycles. The summed E-state index contributed by atoms with van der Waals surface area (Å²) < 4.78 is 5.14. The number of benzene rings is 1. The minimum Gasteiger partial charge on any atom is -0.479 e. The van der Waals surface area contributed by atoms with Gasteiger partial charge in [-0.3, -0.25) is 0 Å². The lowest BCUT2D eigenvalue weighted by Crippen LogP contribution is -2.26. The maximum Gasteiger partial charge on any atom is 0.344 e. The number of hydrogen-bond acceptors (Lipinski definition) is 4. The van der Waals surface area contributed by atoms with Gasteiger partial charge in [0, 0.05) is 11.8 Å². The topological polar surface area (TPSA) is 110 Å². The molecule has 0 aliphatic rings. The standard InChI is InChI=1S/C11H13NO5/c1-2-8(11(15)16)17-9-5-6(12)3-4-7(9)10(13)14/h3-5,8H,2,12H2,1H3,(H,13,14)(H,15,16).